The summed E-state index contributed by atoms with van der Waals surface area (Å²) in [6, 6.07) is -0.477. The minimum atomic E-state index is -0.785. The number of morpholine rings is 1. The van der Waals surface area contributed by atoms with Gasteiger partial charge in [0.15, 0.2) is 0 Å². The van der Waals surface area contributed by atoms with Crippen molar-refractivity contribution in [2.75, 3.05) is 32.9 Å². The van der Waals surface area contributed by atoms with Crippen molar-refractivity contribution < 1.29 is 19.4 Å². The molecule has 2 aliphatic rings. The van der Waals surface area contributed by atoms with Gasteiger partial charge in [-0.2, -0.15) is 0 Å². The van der Waals surface area contributed by atoms with Crippen molar-refractivity contribution in [1.82, 2.24) is 4.90 Å². The van der Waals surface area contributed by atoms with Crippen LogP contribution >= 0.6 is 0 Å². The van der Waals surface area contributed by atoms with E-state index in [2.05, 4.69) is 0 Å². The Bertz CT molecular complexity index is 240. The maximum absolute atomic E-state index is 11.0. The lowest BCUT2D eigenvalue weighted by atomic mass is 10.1. The SMILES string of the molecule is O=C(O)C1COCCN1CCC1CCCO1. The van der Waals surface area contributed by atoms with Gasteiger partial charge < -0.3 is 14.6 Å². The summed E-state index contributed by atoms with van der Waals surface area (Å²) in [5.41, 5.74) is 0. The van der Waals surface area contributed by atoms with Gasteiger partial charge >= 0.3 is 5.97 Å². The molecule has 2 heterocycles. The number of rotatable bonds is 4. The summed E-state index contributed by atoms with van der Waals surface area (Å²) < 4.78 is 10.7. The van der Waals surface area contributed by atoms with Crippen molar-refractivity contribution in [2.24, 2.45) is 0 Å². The fourth-order valence-electron chi connectivity index (χ4n) is 2.31. The van der Waals surface area contributed by atoms with Gasteiger partial charge in [-0.3, -0.25) is 9.69 Å². The monoisotopic (exact) mass is 229 g/mol. The number of carboxylic acids is 1. The smallest absolute Gasteiger partial charge is 0.323 e. The van der Waals surface area contributed by atoms with Gasteiger partial charge in [-0.1, -0.05) is 0 Å². The molecule has 16 heavy (non-hydrogen) atoms. The summed E-state index contributed by atoms with van der Waals surface area (Å²) in [7, 11) is 0. The summed E-state index contributed by atoms with van der Waals surface area (Å²) in [5.74, 6) is -0.785. The largest absolute Gasteiger partial charge is 0.480 e. The van der Waals surface area contributed by atoms with E-state index in [-0.39, 0.29) is 0 Å². The highest BCUT2D eigenvalue weighted by Crippen LogP contribution is 2.17. The van der Waals surface area contributed by atoms with E-state index in [1.54, 1.807) is 0 Å². The topological polar surface area (TPSA) is 59.0 Å². The second kappa shape index (κ2) is 5.61. The number of nitrogens with zero attached hydrogens (tertiary/aromatic N) is 1. The molecular weight excluding hydrogens is 210 g/mol. The molecule has 0 spiro atoms. The Kier molecular flexibility index (Phi) is 4.15. The molecule has 5 nitrogen and oxygen atoms in total. The summed E-state index contributed by atoms with van der Waals surface area (Å²) in [5, 5.41) is 9.05. The van der Waals surface area contributed by atoms with Gasteiger partial charge in [-0.15, -0.1) is 0 Å². The highest BCUT2D eigenvalue weighted by atomic mass is 16.5. The lowest BCUT2D eigenvalue weighted by Gasteiger charge is -2.33. The van der Waals surface area contributed by atoms with Crippen molar-refractivity contribution in [3.63, 3.8) is 0 Å². The van der Waals surface area contributed by atoms with Gasteiger partial charge in [-0.25, -0.2) is 0 Å². The van der Waals surface area contributed by atoms with Crippen molar-refractivity contribution in [2.45, 2.75) is 31.4 Å². The number of carboxylic acid groups (broad SMARTS) is 1. The second-order valence-corrected chi connectivity index (χ2v) is 4.39. The fraction of sp³-hybridized carbons (Fsp3) is 0.909. The Labute approximate surface area is 95.3 Å². The van der Waals surface area contributed by atoms with Crippen LogP contribution in [0.3, 0.4) is 0 Å². The number of hydrogen-bond acceptors (Lipinski definition) is 4. The minimum absolute atomic E-state index is 0.306. The molecule has 2 unspecified atom stereocenters. The summed E-state index contributed by atoms with van der Waals surface area (Å²) >= 11 is 0. The number of ether oxygens (including phenoxy) is 2. The van der Waals surface area contributed by atoms with Crippen LogP contribution in [0.4, 0.5) is 0 Å². The van der Waals surface area contributed by atoms with Gasteiger partial charge in [0, 0.05) is 19.7 Å². The van der Waals surface area contributed by atoms with Crippen molar-refractivity contribution in [3.8, 4) is 0 Å². The normalized spacial score (nSPS) is 31.8. The van der Waals surface area contributed by atoms with Gasteiger partial charge in [0.25, 0.3) is 0 Å². The Morgan fingerprint density at radius 3 is 3.00 bits per heavy atom. The second-order valence-electron chi connectivity index (χ2n) is 4.39. The van der Waals surface area contributed by atoms with Crippen molar-refractivity contribution in [3.05, 3.63) is 0 Å². The molecule has 0 bridgehead atoms. The molecule has 0 aromatic rings. The van der Waals surface area contributed by atoms with E-state index in [4.69, 9.17) is 14.6 Å². The maximum atomic E-state index is 11.0. The first-order chi connectivity index (χ1) is 7.77. The van der Waals surface area contributed by atoms with Gasteiger partial charge in [0.2, 0.25) is 0 Å². The van der Waals surface area contributed by atoms with Crippen LogP contribution in [-0.2, 0) is 14.3 Å². The van der Waals surface area contributed by atoms with E-state index < -0.39 is 12.0 Å². The zero-order valence-electron chi connectivity index (χ0n) is 9.43. The standard InChI is InChI=1S/C11H19NO4/c13-11(14)10-8-15-7-5-12(10)4-3-9-2-1-6-16-9/h9-10H,1-8H2,(H,13,14). The van der Waals surface area contributed by atoms with Crippen LogP contribution < -0.4 is 0 Å². The van der Waals surface area contributed by atoms with E-state index in [9.17, 15) is 4.79 Å². The lowest BCUT2D eigenvalue weighted by Crippen LogP contribution is -2.50. The van der Waals surface area contributed by atoms with Gasteiger partial charge in [-0.05, 0) is 19.3 Å². The molecular formula is C11H19NO4. The van der Waals surface area contributed by atoms with Gasteiger partial charge in [0.1, 0.15) is 6.04 Å². The molecule has 0 amide bonds. The molecule has 2 fully saturated rings. The molecule has 0 radical (unpaired) electrons. The van der Waals surface area contributed by atoms with Crippen LogP contribution in [0.1, 0.15) is 19.3 Å². The number of hydrogen-bond donors (Lipinski definition) is 1. The maximum Gasteiger partial charge on any atom is 0.323 e. The zero-order chi connectivity index (χ0) is 11.4. The van der Waals surface area contributed by atoms with Crippen LogP contribution in [0, 0.1) is 0 Å². The Balaban J connectivity index is 1.78. The third-order valence-corrected chi connectivity index (χ3v) is 3.29. The van der Waals surface area contributed by atoms with Crippen LogP contribution in [-0.4, -0.2) is 61.0 Å². The third-order valence-electron chi connectivity index (χ3n) is 3.29. The molecule has 2 atom stereocenters. The predicted octanol–water partition coefficient (Wildman–Crippen LogP) is 0.341. The fourth-order valence-corrected chi connectivity index (χ4v) is 2.31. The Morgan fingerprint density at radius 1 is 1.44 bits per heavy atom. The van der Waals surface area contributed by atoms with E-state index in [0.717, 1.165) is 32.4 Å². The Hall–Kier alpha value is -0.650. The van der Waals surface area contributed by atoms with E-state index >= 15 is 0 Å². The molecule has 2 rings (SSSR count). The van der Waals surface area contributed by atoms with E-state index in [1.165, 1.54) is 0 Å². The highest BCUT2D eigenvalue weighted by Gasteiger charge is 2.29. The highest BCUT2D eigenvalue weighted by molar-refractivity contribution is 5.73. The van der Waals surface area contributed by atoms with Crippen LogP contribution in [0.15, 0.2) is 0 Å². The molecule has 0 aliphatic carbocycles. The average molecular weight is 229 g/mol. The van der Waals surface area contributed by atoms with Gasteiger partial charge in [0.05, 0.1) is 19.3 Å². The zero-order valence-corrected chi connectivity index (χ0v) is 9.43. The third kappa shape index (κ3) is 2.93. The molecule has 5 heteroatoms. The Morgan fingerprint density at radius 2 is 2.31 bits per heavy atom. The molecule has 0 aromatic carbocycles. The first kappa shape index (κ1) is 11.8. The first-order valence-corrected chi connectivity index (χ1v) is 5.93. The predicted molar refractivity (Wildman–Crippen MR) is 57.4 cm³/mol. The van der Waals surface area contributed by atoms with Crippen LogP contribution in [0.2, 0.25) is 0 Å². The average Bonchev–Trinajstić information content (AvgIpc) is 2.79. The first-order valence-electron chi connectivity index (χ1n) is 5.93. The van der Waals surface area contributed by atoms with Crippen LogP contribution in [0.5, 0.6) is 0 Å². The number of aliphatic carboxylic acids is 1. The molecule has 1 N–H and O–H groups in total. The van der Waals surface area contributed by atoms with E-state index in [1.807, 2.05) is 4.90 Å². The molecule has 2 aliphatic heterocycles. The lowest BCUT2D eigenvalue weighted by molar-refractivity contribution is -0.149. The molecule has 2 saturated heterocycles. The summed E-state index contributed by atoms with van der Waals surface area (Å²) in [6.45, 7) is 3.31. The summed E-state index contributed by atoms with van der Waals surface area (Å²) in [6.07, 6.45) is 3.51. The number of carbonyl (C=O) groups is 1. The van der Waals surface area contributed by atoms with Crippen molar-refractivity contribution in [1.29, 1.82) is 0 Å². The van der Waals surface area contributed by atoms with Crippen molar-refractivity contribution >= 4 is 5.97 Å². The summed E-state index contributed by atoms with van der Waals surface area (Å²) in [4.78, 5) is 13.0. The van der Waals surface area contributed by atoms with Crippen LogP contribution in [0.25, 0.3) is 0 Å². The molecule has 0 aromatic heterocycles. The molecule has 92 valence electrons. The minimum Gasteiger partial charge on any atom is -0.480 e. The molecule has 0 saturated carbocycles. The quantitative estimate of drug-likeness (QED) is 0.753. The van der Waals surface area contributed by atoms with E-state index in [0.29, 0.717) is 25.9 Å².